The predicted octanol–water partition coefficient (Wildman–Crippen LogP) is 0.518. The van der Waals surface area contributed by atoms with Crippen LogP contribution in [0.15, 0.2) is 5.11 Å². The molecule has 0 saturated carbocycles. The number of aliphatic carboxylic acids is 1. The molecule has 2 atom stereocenters. The quantitative estimate of drug-likeness (QED) is 0.301. The predicted molar refractivity (Wildman–Crippen MR) is 52.4 cm³/mol. The van der Waals surface area contributed by atoms with Crippen molar-refractivity contribution in [3.63, 3.8) is 0 Å². The van der Waals surface area contributed by atoms with Gasteiger partial charge in [0.2, 0.25) is 0 Å². The normalized spacial score (nSPS) is 29.8. The van der Waals surface area contributed by atoms with E-state index in [2.05, 4.69) is 15.3 Å². The van der Waals surface area contributed by atoms with Gasteiger partial charge in [0.05, 0.1) is 6.10 Å². The zero-order chi connectivity index (χ0) is 11.3. The van der Waals surface area contributed by atoms with Crippen LogP contribution in [0.2, 0.25) is 0 Å². The molecule has 15 heavy (non-hydrogen) atoms. The summed E-state index contributed by atoms with van der Waals surface area (Å²) in [5.74, 6) is -0.923. The lowest BCUT2D eigenvalue weighted by Crippen LogP contribution is -2.57. The molecule has 7 nitrogen and oxygen atoms in total. The SMILES string of the molecule is CC1OCCC1(NCCN=[N+]=[N-])C(=O)O. The van der Waals surface area contributed by atoms with Crippen molar-refractivity contribution >= 4 is 5.97 Å². The van der Waals surface area contributed by atoms with Crippen molar-refractivity contribution in [1.29, 1.82) is 0 Å². The average Bonchev–Trinajstić information content (AvgIpc) is 2.56. The maximum Gasteiger partial charge on any atom is 0.326 e. The van der Waals surface area contributed by atoms with Crippen molar-refractivity contribution in [2.24, 2.45) is 5.11 Å². The minimum atomic E-state index is -1.04. The smallest absolute Gasteiger partial charge is 0.326 e. The van der Waals surface area contributed by atoms with Crippen LogP contribution in [0.25, 0.3) is 10.4 Å². The minimum absolute atomic E-state index is 0.234. The van der Waals surface area contributed by atoms with Crippen molar-refractivity contribution in [2.75, 3.05) is 19.7 Å². The third kappa shape index (κ3) is 2.38. The summed E-state index contributed by atoms with van der Waals surface area (Å²) in [6, 6.07) is 0. The molecule has 2 unspecified atom stereocenters. The van der Waals surface area contributed by atoms with Gasteiger partial charge in [-0.25, -0.2) is 0 Å². The van der Waals surface area contributed by atoms with E-state index in [4.69, 9.17) is 15.4 Å². The highest BCUT2D eigenvalue weighted by Gasteiger charge is 2.47. The highest BCUT2D eigenvalue weighted by atomic mass is 16.5. The highest BCUT2D eigenvalue weighted by molar-refractivity contribution is 5.80. The number of azide groups is 1. The molecule has 7 heteroatoms. The van der Waals surface area contributed by atoms with Crippen molar-refractivity contribution in [3.05, 3.63) is 10.4 Å². The largest absolute Gasteiger partial charge is 0.480 e. The maximum atomic E-state index is 11.2. The third-order valence-electron chi connectivity index (χ3n) is 2.66. The number of carboxylic acids is 1. The Labute approximate surface area is 87.0 Å². The van der Waals surface area contributed by atoms with Crippen LogP contribution in [-0.2, 0) is 9.53 Å². The van der Waals surface area contributed by atoms with Gasteiger partial charge in [-0.2, -0.15) is 0 Å². The number of nitrogens with one attached hydrogen (secondary N) is 1. The first-order valence-corrected chi connectivity index (χ1v) is 4.74. The van der Waals surface area contributed by atoms with Gasteiger partial charge in [-0.15, -0.1) is 0 Å². The van der Waals surface area contributed by atoms with Gasteiger partial charge in [0.1, 0.15) is 5.54 Å². The Hall–Kier alpha value is -1.30. The Balaban J connectivity index is 2.58. The van der Waals surface area contributed by atoms with Crippen LogP contribution in [0.5, 0.6) is 0 Å². The molecule has 0 aliphatic carbocycles. The van der Waals surface area contributed by atoms with Gasteiger partial charge in [-0.1, -0.05) is 5.11 Å². The summed E-state index contributed by atoms with van der Waals surface area (Å²) < 4.78 is 5.24. The fraction of sp³-hybridized carbons (Fsp3) is 0.875. The van der Waals surface area contributed by atoms with Crippen molar-refractivity contribution < 1.29 is 14.6 Å². The van der Waals surface area contributed by atoms with Crippen LogP contribution >= 0.6 is 0 Å². The molecule has 0 aromatic carbocycles. The van der Waals surface area contributed by atoms with Gasteiger partial charge in [0.25, 0.3) is 0 Å². The third-order valence-corrected chi connectivity index (χ3v) is 2.66. The van der Waals surface area contributed by atoms with Gasteiger partial charge in [-0.3, -0.25) is 10.1 Å². The summed E-state index contributed by atoms with van der Waals surface area (Å²) in [5, 5.41) is 15.4. The Morgan fingerprint density at radius 3 is 3.07 bits per heavy atom. The minimum Gasteiger partial charge on any atom is -0.480 e. The van der Waals surface area contributed by atoms with Crippen molar-refractivity contribution in [3.8, 4) is 0 Å². The second-order valence-electron chi connectivity index (χ2n) is 3.42. The van der Waals surface area contributed by atoms with Gasteiger partial charge >= 0.3 is 5.97 Å². The molecular formula is C8H14N4O3. The molecule has 0 aromatic rings. The lowest BCUT2D eigenvalue weighted by Gasteiger charge is -2.28. The van der Waals surface area contributed by atoms with E-state index in [0.29, 0.717) is 19.6 Å². The van der Waals surface area contributed by atoms with Crippen molar-refractivity contribution in [1.82, 2.24) is 5.32 Å². The summed E-state index contributed by atoms with van der Waals surface area (Å²) in [7, 11) is 0. The first-order chi connectivity index (χ1) is 7.13. The van der Waals surface area contributed by atoms with Crippen LogP contribution in [0.1, 0.15) is 13.3 Å². The van der Waals surface area contributed by atoms with E-state index in [1.54, 1.807) is 6.92 Å². The van der Waals surface area contributed by atoms with E-state index in [0.717, 1.165) is 0 Å². The van der Waals surface area contributed by atoms with E-state index in [1.165, 1.54) is 0 Å². The highest BCUT2D eigenvalue weighted by Crippen LogP contribution is 2.25. The molecular weight excluding hydrogens is 200 g/mol. The van der Waals surface area contributed by atoms with E-state index in [1.807, 2.05) is 0 Å². The second-order valence-corrected chi connectivity index (χ2v) is 3.42. The fourth-order valence-electron chi connectivity index (χ4n) is 1.70. The Morgan fingerprint density at radius 2 is 2.60 bits per heavy atom. The van der Waals surface area contributed by atoms with Gasteiger partial charge in [0, 0.05) is 31.0 Å². The molecule has 1 rings (SSSR count). The number of hydrogen-bond acceptors (Lipinski definition) is 4. The Kier molecular flexibility index (Phi) is 3.90. The van der Waals surface area contributed by atoms with Crippen LogP contribution in [0, 0.1) is 0 Å². The number of hydrogen-bond donors (Lipinski definition) is 2. The molecule has 1 aliphatic rings. The lowest BCUT2D eigenvalue weighted by atomic mass is 9.92. The fourth-order valence-corrected chi connectivity index (χ4v) is 1.70. The monoisotopic (exact) mass is 214 g/mol. The van der Waals surface area contributed by atoms with E-state index < -0.39 is 11.5 Å². The average molecular weight is 214 g/mol. The topological polar surface area (TPSA) is 107 Å². The Morgan fingerprint density at radius 1 is 1.87 bits per heavy atom. The van der Waals surface area contributed by atoms with Gasteiger partial charge in [-0.05, 0) is 12.5 Å². The van der Waals surface area contributed by atoms with Crippen LogP contribution in [0.4, 0.5) is 0 Å². The molecule has 2 N–H and O–H groups in total. The molecule has 1 aliphatic heterocycles. The molecule has 1 heterocycles. The molecule has 84 valence electrons. The first-order valence-electron chi connectivity index (χ1n) is 4.74. The molecule has 0 aromatic heterocycles. The summed E-state index contributed by atoms with van der Waals surface area (Å²) >= 11 is 0. The number of carbonyl (C=O) groups is 1. The van der Waals surface area contributed by atoms with E-state index in [-0.39, 0.29) is 12.6 Å². The lowest BCUT2D eigenvalue weighted by molar-refractivity contribution is -0.147. The number of ether oxygens (including phenoxy) is 1. The zero-order valence-corrected chi connectivity index (χ0v) is 8.51. The molecule has 0 spiro atoms. The summed E-state index contributed by atoms with van der Waals surface area (Å²) in [6.45, 7) is 2.73. The molecule has 0 amide bonds. The number of nitrogens with zero attached hydrogens (tertiary/aromatic N) is 3. The maximum absolute atomic E-state index is 11.2. The molecule has 1 fully saturated rings. The van der Waals surface area contributed by atoms with Gasteiger partial charge in [0.15, 0.2) is 0 Å². The van der Waals surface area contributed by atoms with Crippen molar-refractivity contribution in [2.45, 2.75) is 25.0 Å². The number of carboxylic acid groups (broad SMARTS) is 1. The summed E-state index contributed by atoms with van der Waals surface area (Å²) in [6.07, 6.45) is 0.0563. The van der Waals surface area contributed by atoms with E-state index >= 15 is 0 Å². The van der Waals surface area contributed by atoms with Crippen LogP contribution < -0.4 is 5.32 Å². The molecule has 0 radical (unpaired) electrons. The number of rotatable bonds is 5. The molecule has 1 saturated heterocycles. The standard InChI is InChI=1S/C8H14N4O3/c1-6-8(7(13)14,2-5-15-6)10-3-4-11-12-9/h6,10H,2-5H2,1H3,(H,13,14). The molecule has 0 bridgehead atoms. The summed E-state index contributed by atoms with van der Waals surface area (Å²) in [4.78, 5) is 13.7. The first kappa shape index (κ1) is 11.8. The van der Waals surface area contributed by atoms with Gasteiger partial charge < -0.3 is 9.84 Å². The van der Waals surface area contributed by atoms with Crippen LogP contribution in [0.3, 0.4) is 0 Å². The Bertz CT molecular complexity index is 290. The second kappa shape index (κ2) is 4.97. The van der Waals surface area contributed by atoms with Crippen LogP contribution in [-0.4, -0.2) is 42.4 Å². The zero-order valence-electron chi connectivity index (χ0n) is 8.51. The summed E-state index contributed by atoms with van der Waals surface area (Å²) in [5.41, 5.74) is 7.04. The van der Waals surface area contributed by atoms with E-state index in [9.17, 15) is 4.79 Å².